The third kappa shape index (κ3) is 2.57. The Hall–Kier alpha value is -1.41. The highest BCUT2D eigenvalue weighted by Gasteiger charge is 2.36. The van der Waals surface area contributed by atoms with Crippen molar-refractivity contribution in [2.75, 3.05) is 0 Å². The van der Waals surface area contributed by atoms with Gasteiger partial charge in [0.15, 0.2) is 0 Å². The van der Waals surface area contributed by atoms with E-state index in [4.69, 9.17) is 5.73 Å². The maximum atomic E-state index is 14.0. The quantitative estimate of drug-likeness (QED) is 0.843. The highest BCUT2D eigenvalue weighted by Crippen LogP contribution is 2.35. The maximum Gasteiger partial charge on any atom is 0.419 e. The zero-order valence-corrected chi connectivity index (χ0v) is 11.8. The van der Waals surface area contributed by atoms with E-state index in [0.717, 1.165) is 6.07 Å². The second-order valence-electron chi connectivity index (χ2n) is 4.19. The molecule has 108 valence electrons. The van der Waals surface area contributed by atoms with Gasteiger partial charge in [0.25, 0.3) is 0 Å². The molecule has 0 amide bonds. The highest BCUT2D eigenvalue weighted by atomic mass is 79.9. The van der Waals surface area contributed by atoms with Gasteiger partial charge in [-0.15, -0.1) is 0 Å². The first kappa shape index (κ1) is 15.0. The molecule has 2 rings (SSSR count). The molecule has 0 spiro atoms. The monoisotopic (exact) mass is 351 g/mol. The SMILES string of the molecule is Cn1ncc(Br)c1C(N)c1cccc(C(F)(F)F)c1F. The third-order valence-corrected chi connectivity index (χ3v) is 3.51. The van der Waals surface area contributed by atoms with E-state index in [0.29, 0.717) is 16.2 Å². The first-order chi connectivity index (χ1) is 9.23. The summed E-state index contributed by atoms with van der Waals surface area (Å²) in [6.45, 7) is 0. The van der Waals surface area contributed by atoms with Gasteiger partial charge in [0.1, 0.15) is 5.82 Å². The van der Waals surface area contributed by atoms with Gasteiger partial charge in [-0.2, -0.15) is 18.3 Å². The van der Waals surface area contributed by atoms with E-state index in [2.05, 4.69) is 21.0 Å². The predicted molar refractivity (Wildman–Crippen MR) is 68.3 cm³/mol. The number of nitrogens with two attached hydrogens (primary N) is 1. The molecule has 20 heavy (non-hydrogen) atoms. The van der Waals surface area contributed by atoms with Crippen LogP contribution in [0.1, 0.15) is 22.9 Å². The van der Waals surface area contributed by atoms with Gasteiger partial charge < -0.3 is 5.73 Å². The van der Waals surface area contributed by atoms with Gasteiger partial charge in [0.2, 0.25) is 0 Å². The van der Waals surface area contributed by atoms with E-state index < -0.39 is 23.6 Å². The fraction of sp³-hybridized carbons (Fsp3) is 0.250. The van der Waals surface area contributed by atoms with Gasteiger partial charge in [-0.3, -0.25) is 4.68 Å². The van der Waals surface area contributed by atoms with Crippen LogP contribution in [0.15, 0.2) is 28.9 Å². The summed E-state index contributed by atoms with van der Waals surface area (Å²) in [5.41, 5.74) is 4.71. The lowest BCUT2D eigenvalue weighted by molar-refractivity contribution is -0.140. The minimum absolute atomic E-state index is 0.232. The molecule has 0 aliphatic heterocycles. The Morgan fingerprint density at radius 2 is 2.00 bits per heavy atom. The number of halogens is 5. The van der Waals surface area contributed by atoms with Gasteiger partial charge in [0.05, 0.1) is 28.0 Å². The molecule has 1 aromatic heterocycles. The second kappa shape index (κ2) is 5.17. The molecule has 0 aliphatic rings. The molecule has 3 nitrogen and oxygen atoms in total. The summed E-state index contributed by atoms with van der Waals surface area (Å²) in [6.07, 6.45) is -3.32. The summed E-state index contributed by atoms with van der Waals surface area (Å²) in [5.74, 6) is -1.36. The number of aromatic nitrogens is 2. The van der Waals surface area contributed by atoms with Crippen molar-refractivity contribution in [3.8, 4) is 0 Å². The van der Waals surface area contributed by atoms with Gasteiger partial charge in [-0.25, -0.2) is 4.39 Å². The van der Waals surface area contributed by atoms with E-state index in [9.17, 15) is 17.6 Å². The van der Waals surface area contributed by atoms with Crippen LogP contribution in [0.25, 0.3) is 0 Å². The lowest BCUT2D eigenvalue weighted by Gasteiger charge is -2.17. The van der Waals surface area contributed by atoms with Crippen molar-refractivity contribution in [2.45, 2.75) is 12.2 Å². The zero-order valence-electron chi connectivity index (χ0n) is 10.2. The summed E-state index contributed by atoms with van der Waals surface area (Å²) in [6, 6.07) is 1.99. The van der Waals surface area contributed by atoms with E-state index in [1.165, 1.54) is 16.9 Å². The predicted octanol–water partition coefficient (Wildman–Crippen LogP) is 3.39. The van der Waals surface area contributed by atoms with Crippen molar-refractivity contribution in [1.82, 2.24) is 9.78 Å². The van der Waals surface area contributed by atoms with Crippen LogP contribution in [-0.2, 0) is 13.2 Å². The number of benzene rings is 1. The minimum Gasteiger partial charge on any atom is -0.319 e. The van der Waals surface area contributed by atoms with Crippen molar-refractivity contribution >= 4 is 15.9 Å². The Balaban J connectivity index is 2.54. The lowest BCUT2D eigenvalue weighted by atomic mass is 10.0. The minimum atomic E-state index is -4.76. The van der Waals surface area contributed by atoms with Crippen LogP contribution >= 0.6 is 15.9 Å². The standard InChI is InChI=1S/C12H10BrF4N3/c1-20-11(8(13)5-19-20)10(18)6-3-2-4-7(9(6)14)12(15,16)17/h2-5,10H,18H2,1H3. The van der Waals surface area contributed by atoms with Gasteiger partial charge in [0, 0.05) is 12.6 Å². The average molecular weight is 352 g/mol. The summed E-state index contributed by atoms with van der Waals surface area (Å²) in [7, 11) is 1.57. The van der Waals surface area contributed by atoms with Crippen LogP contribution in [0.5, 0.6) is 0 Å². The van der Waals surface area contributed by atoms with Gasteiger partial charge in [-0.05, 0) is 22.0 Å². The lowest BCUT2D eigenvalue weighted by Crippen LogP contribution is -2.20. The van der Waals surface area contributed by atoms with Crippen molar-refractivity contribution in [1.29, 1.82) is 0 Å². The molecule has 1 heterocycles. The number of aryl methyl sites for hydroxylation is 1. The molecule has 0 bridgehead atoms. The number of nitrogens with zero attached hydrogens (tertiary/aromatic N) is 2. The molecule has 0 aliphatic carbocycles. The second-order valence-corrected chi connectivity index (χ2v) is 5.04. The molecule has 0 saturated carbocycles. The van der Waals surface area contributed by atoms with Crippen molar-refractivity contribution in [2.24, 2.45) is 12.8 Å². The van der Waals surface area contributed by atoms with Crippen molar-refractivity contribution in [3.05, 3.63) is 51.5 Å². The van der Waals surface area contributed by atoms with E-state index in [1.54, 1.807) is 7.05 Å². The Kier molecular flexibility index (Phi) is 3.88. The van der Waals surface area contributed by atoms with Crippen LogP contribution in [0, 0.1) is 5.82 Å². The average Bonchev–Trinajstić information content (AvgIpc) is 2.67. The van der Waals surface area contributed by atoms with E-state index in [1.807, 2.05) is 0 Å². The van der Waals surface area contributed by atoms with Gasteiger partial charge in [-0.1, -0.05) is 12.1 Å². The highest BCUT2D eigenvalue weighted by molar-refractivity contribution is 9.10. The van der Waals surface area contributed by atoms with Crippen LogP contribution in [0.2, 0.25) is 0 Å². The molecule has 2 N–H and O–H groups in total. The number of rotatable bonds is 2. The summed E-state index contributed by atoms with van der Waals surface area (Å²) in [5, 5.41) is 3.91. The molecule has 1 unspecified atom stereocenters. The Bertz CT molecular complexity index is 617. The van der Waals surface area contributed by atoms with Crippen molar-refractivity contribution in [3.63, 3.8) is 0 Å². The summed E-state index contributed by atoms with van der Waals surface area (Å²) < 4.78 is 54.0. The van der Waals surface area contributed by atoms with Crippen LogP contribution in [-0.4, -0.2) is 9.78 Å². The van der Waals surface area contributed by atoms with Crippen molar-refractivity contribution < 1.29 is 17.6 Å². The number of hydrogen-bond acceptors (Lipinski definition) is 2. The zero-order chi connectivity index (χ0) is 15.1. The van der Waals surface area contributed by atoms with Gasteiger partial charge >= 0.3 is 6.18 Å². The largest absolute Gasteiger partial charge is 0.419 e. The fourth-order valence-electron chi connectivity index (χ4n) is 1.93. The summed E-state index contributed by atoms with van der Waals surface area (Å²) in [4.78, 5) is 0. The molecule has 1 atom stereocenters. The van der Waals surface area contributed by atoms with E-state index in [-0.39, 0.29) is 5.56 Å². The number of alkyl halides is 3. The molecular formula is C12H10BrF4N3. The first-order valence-corrected chi connectivity index (χ1v) is 6.31. The van der Waals surface area contributed by atoms with Crippen LogP contribution in [0.4, 0.5) is 17.6 Å². The van der Waals surface area contributed by atoms with E-state index >= 15 is 0 Å². The molecular weight excluding hydrogens is 342 g/mol. The Labute approximate surface area is 120 Å². The molecule has 0 saturated heterocycles. The normalized spacial score (nSPS) is 13.6. The maximum absolute atomic E-state index is 14.0. The van der Waals surface area contributed by atoms with Crippen LogP contribution < -0.4 is 5.73 Å². The Morgan fingerprint density at radius 3 is 2.50 bits per heavy atom. The first-order valence-electron chi connectivity index (χ1n) is 5.52. The molecule has 8 heteroatoms. The molecule has 0 fully saturated rings. The molecule has 0 radical (unpaired) electrons. The Morgan fingerprint density at radius 1 is 1.35 bits per heavy atom. The van der Waals surface area contributed by atoms with Crippen LogP contribution in [0.3, 0.4) is 0 Å². The molecule has 1 aromatic carbocycles. The smallest absolute Gasteiger partial charge is 0.319 e. The summed E-state index contributed by atoms with van der Waals surface area (Å²) >= 11 is 3.19. The third-order valence-electron chi connectivity index (χ3n) is 2.90. The topological polar surface area (TPSA) is 43.8 Å². The molecule has 2 aromatic rings. The number of hydrogen-bond donors (Lipinski definition) is 1. The fourth-order valence-corrected chi connectivity index (χ4v) is 2.52.